The second-order valence-electron chi connectivity index (χ2n) is 4.88. The second-order valence-corrected chi connectivity index (χ2v) is 5.74. The van der Waals surface area contributed by atoms with Crippen molar-refractivity contribution < 1.29 is 9.47 Å². The van der Waals surface area contributed by atoms with Gasteiger partial charge >= 0.3 is 0 Å². The molecule has 1 fully saturated rings. The second kappa shape index (κ2) is 5.40. The van der Waals surface area contributed by atoms with E-state index in [1.807, 2.05) is 12.1 Å². The number of nitriles is 1. The van der Waals surface area contributed by atoms with Crippen LogP contribution in [0.5, 0.6) is 11.5 Å². The quantitative estimate of drug-likeness (QED) is 0.929. The van der Waals surface area contributed by atoms with Gasteiger partial charge in [0.2, 0.25) is 0 Å². The lowest BCUT2D eigenvalue weighted by Gasteiger charge is -2.15. The Bertz CT molecular complexity index is 523. The third-order valence-electron chi connectivity index (χ3n) is 3.27. The largest absolute Gasteiger partial charge is 0.490 e. The van der Waals surface area contributed by atoms with Gasteiger partial charge in [0.15, 0.2) is 11.5 Å². The first-order chi connectivity index (χ1) is 9.28. The molecule has 2 aliphatic rings. The van der Waals surface area contributed by atoms with Gasteiger partial charge in [0, 0.05) is 12.5 Å². The van der Waals surface area contributed by atoms with E-state index in [4.69, 9.17) is 9.47 Å². The van der Waals surface area contributed by atoms with Crippen molar-refractivity contribution in [3.63, 3.8) is 0 Å². The molecular formula is C14H15BrN2O2. The molecule has 1 N–H and O–H groups in total. The van der Waals surface area contributed by atoms with E-state index in [0.29, 0.717) is 19.3 Å². The molecule has 1 aromatic rings. The summed E-state index contributed by atoms with van der Waals surface area (Å²) in [5.41, 5.74) is 0.922. The molecule has 1 saturated carbocycles. The molecule has 1 heterocycles. The molecule has 4 nitrogen and oxygen atoms in total. The highest BCUT2D eigenvalue weighted by molar-refractivity contribution is 9.10. The molecule has 1 unspecified atom stereocenters. The molecule has 0 saturated heterocycles. The van der Waals surface area contributed by atoms with E-state index in [1.54, 1.807) is 0 Å². The topological polar surface area (TPSA) is 54.3 Å². The normalized spacial score (nSPS) is 19.4. The molecule has 0 amide bonds. The maximum atomic E-state index is 9.31. The van der Waals surface area contributed by atoms with Crippen LogP contribution >= 0.6 is 15.9 Å². The maximum absolute atomic E-state index is 9.31. The first-order valence-electron chi connectivity index (χ1n) is 6.52. The van der Waals surface area contributed by atoms with Crippen LogP contribution in [0.1, 0.15) is 30.9 Å². The zero-order chi connectivity index (χ0) is 13.2. The van der Waals surface area contributed by atoms with Crippen LogP contribution in [0, 0.1) is 11.3 Å². The highest BCUT2D eigenvalue weighted by atomic mass is 79.9. The van der Waals surface area contributed by atoms with Crippen LogP contribution in [-0.4, -0.2) is 19.3 Å². The summed E-state index contributed by atoms with van der Waals surface area (Å²) >= 11 is 3.50. The summed E-state index contributed by atoms with van der Waals surface area (Å²) in [4.78, 5) is 0. The molecule has 0 bridgehead atoms. The van der Waals surface area contributed by atoms with E-state index in [0.717, 1.165) is 40.8 Å². The molecule has 5 heteroatoms. The van der Waals surface area contributed by atoms with Gasteiger partial charge in [0.1, 0.15) is 6.04 Å². The Labute approximate surface area is 120 Å². The Balaban J connectivity index is 1.91. The summed E-state index contributed by atoms with van der Waals surface area (Å²) in [7, 11) is 0. The Morgan fingerprint density at radius 2 is 2.11 bits per heavy atom. The van der Waals surface area contributed by atoms with Crippen molar-refractivity contribution in [2.45, 2.75) is 31.3 Å². The minimum atomic E-state index is -0.291. The van der Waals surface area contributed by atoms with Crippen LogP contribution in [0.15, 0.2) is 16.6 Å². The van der Waals surface area contributed by atoms with Crippen molar-refractivity contribution in [3.05, 3.63) is 22.2 Å². The van der Waals surface area contributed by atoms with Gasteiger partial charge < -0.3 is 9.47 Å². The highest BCUT2D eigenvalue weighted by Gasteiger charge is 2.26. The number of nitrogens with zero attached hydrogens (tertiary/aromatic N) is 1. The minimum Gasteiger partial charge on any atom is -0.490 e. The summed E-state index contributed by atoms with van der Waals surface area (Å²) in [6.07, 6.45) is 3.19. The van der Waals surface area contributed by atoms with Crippen LogP contribution in [0.25, 0.3) is 0 Å². The maximum Gasteiger partial charge on any atom is 0.175 e. The Kier molecular flexibility index (Phi) is 3.63. The van der Waals surface area contributed by atoms with Gasteiger partial charge in [0.05, 0.1) is 23.8 Å². The lowest BCUT2D eigenvalue weighted by atomic mass is 10.1. The third-order valence-corrected chi connectivity index (χ3v) is 3.86. The average Bonchev–Trinajstić information content (AvgIpc) is 3.22. The number of rotatable bonds is 3. The number of halogens is 1. The number of ether oxygens (including phenoxy) is 2. The Morgan fingerprint density at radius 3 is 2.84 bits per heavy atom. The zero-order valence-electron chi connectivity index (χ0n) is 10.5. The van der Waals surface area contributed by atoms with Crippen LogP contribution in [0.3, 0.4) is 0 Å². The zero-order valence-corrected chi connectivity index (χ0v) is 12.1. The Morgan fingerprint density at radius 1 is 1.32 bits per heavy atom. The lowest BCUT2D eigenvalue weighted by molar-refractivity contribution is 0.296. The van der Waals surface area contributed by atoms with Gasteiger partial charge in [-0.05, 0) is 46.5 Å². The van der Waals surface area contributed by atoms with Gasteiger partial charge in [0.25, 0.3) is 0 Å². The SMILES string of the molecule is N#CC(NC1CC1)c1cc(Br)c2c(c1)OCCCO2. The average molecular weight is 323 g/mol. The van der Waals surface area contributed by atoms with E-state index in [9.17, 15) is 5.26 Å². The van der Waals surface area contributed by atoms with Gasteiger partial charge in [-0.15, -0.1) is 0 Å². The van der Waals surface area contributed by atoms with Gasteiger partial charge in [-0.3, -0.25) is 5.32 Å². The van der Waals surface area contributed by atoms with Crippen molar-refractivity contribution >= 4 is 15.9 Å². The first-order valence-corrected chi connectivity index (χ1v) is 7.32. The molecule has 1 aliphatic carbocycles. The molecule has 0 aromatic heterocycles. The number of nitrogens with one attached hydrogen (secondary N) is 1. The third kappa shape index (κ3) is 2.85. The standard InChI is InChI=1S/C14H15BrN2O2/c15-11-6-9(12(8-16)17-10-2-3-10)7-13-14(11)19-5-1-4-18-13/h6-7,10,12,17H,1-5H2. The van der Waals surface area contributed by atoms with Crippen LogP contribution in [0.2, 0.25) is 0 Å². The number of fused-ring (bicyclic) bond motifs is 1. The molecule has 100 valence electrons. The minimum absolute atomic E-state index is 0.291. The van der Waals surface area contributed by atoms with Crippen molar-refractivity contribution in [2.75, 3.05) is 13.2 Å². The molecule has 0 radical (unpaired) electrons. The molecule has 1 aliphatic heterocycles. The van der Waals surface area contributed by atoms with Crippen LogP contribution in [0.4, 0.5) is 0 Å². The first kappa shape index (κ1) is 12.8. The predicted molar refractivity (Wildman–Crippen MR) is 74.3 cm³/mol. The molecule has 0 spiro atoms. The fourth-order valence-corrected chi connectivity index (χ4v) is 2.69. The van der Waals surface area contributed by atoms with E-state index in [1.165, 1.54) is 0 Å². The molecule has 19 heavy (non-hydrogen) atoms. The molecule has 1 aromatic carbocycles. The van der Waals surface area contributed by atoms with Crippen molar-refractivity contribution in [2.24, 2.45) is 0 Å². The Hall–Kier alpha value is -1.25. The molecule has 3 rings (SSSR count). The lowest BCUT2D eigenvalue weighted by Crippen LogP contribution is -2.22. The summed E-state index contributed by atoms with van der Waals surface area (Å²) in [5.74, 6) is 1.46. The van der Waals surface area contributed by atoms with Gasteiger partial charge in [-0.25, -0.2) is 0 Å². The predicted octanol–water partition coefficient (Wildman–Crippen LogP) is 2.93. The molecule has 1 atom stereocenters. The molecular weight excluding hydrogens is 308 g/mol. The van der Waals surface area contributed by atoms with Crippen molar-refractivity contribution in [1.82, 2.24) is 5.32 Å². The monoisotopic (exact) mass is 322 g/mol. The van der Waals surface area contributed by atoms with Gasteiger partial charge in [-0.1, -0.05) is 0 Å². The highest BCUT2D eigenvalue weighted by Crippen LogP contribution is 2.39. The van der Waals surface area contributed by atoms with Crippen molar-refractivity contribution in [1.29, 1.82) is 5.26 Å². The van der Waals surface area contributed by atoms with E-state index < -0.39 is 0 Å². The summed E-state index contributed by atoms with van der Waals surface area (Å²) < 4.78 is 12.2. The summed E-state index contributed by atoms with van der Waals surface area (Å²) in [6.45, 7) is 1.31. The van der Waals surface area contributed by atoms with Crippen molar-refractivity contribution in [3.8, 4) is 17.6 Å². The number of hydrogen-bond acceptors (Lipinski definition) is 4. The number of hydrogen-bond donors (Lipinski definition) is 1. The van der Waals surface area contributed by atoms with E-state index >= 15 is 0 Å². The summed E-state index contributed by atoms with van der Waals surface area (Å²) in [5, 5.41) is 12.6. The fourth-order valence-electron chi connectivity index (χ4n) is 2.11. The van der Waals surface area contributed by atoms with Gasteiger partial charge in [-0.2, -0.15) is 5.26 Å². The van der Waals surface area contributed by atoms with E-state index in [-0.39, 0.29) is 6.04 Å². The smallest absolute Gasteiger partial charge is 0.175 e. The van der Waals surface area contributed by atoms with Crippen LogP contribution in [-0.2, 0) is 0 Å². The number of benzene rings is 1. The summed E-state index contributed by atoms with van der Waals surface area (Å²) in [6, 6.07) is 6.36. The fraction of sp³-hybridized carbons (Fsp3) is 0.500. The van der Waals surface area contributed by atoms with Crippen LogP contribution < -0.4 is 14.8 Å². The van der Waals surface area contributed by atoms with E-state index in [2.05, 4.69) is 27.3 Å².